The van der Waals surface area contributed by atoms with Gasteiger partial charge in [0.15, 0.2) is 17.0 Å². The molecular weight excluding hydrogens is 384 g/mol. The second-order valence-corrected chi connectivity index (χ2v) is 8.70. The maximum atomic E-state index is 4.81. The Morgan fingerprint density at radius 3 is 2.84 bits per heavy atom. The summed E-state index contributed by atoms with van der Waals surface area (Å²) in [6.45, 7) is 7.36. The molecule has 1 aliphatic rings. The lowest BCUT2D eigenvalue weighted by atomic mass is 9.83. The lowest BCUT2D eigenvalue weighted by Crippen LogP contribution is -2.19. The van der Waals surface area contributed by atoms with Crippen molar-refractivity contribution in [1.82, 2.24) is 24.5 Å². The Morgan fingerprint density at radius 2 is 2.10 bits per heavy atom. The molecule has 0 saturated heterocycles. The van der Waals surface area contributed by atoms with Crippen LogP contribution in [0.4, 0.5) is 5.82 Å². The number of rotatable bonds is 6. The number of nitrogens with one attached hydrogen (secondary N) is 1. The molecule has 3 aromatic rings. The van der Waals surface area contributed by atoms with Crippen LogP contribution in [0.5, 0.6) is 0 Å². The van der Waals surface area contributed by atoms with Crippen molar-refractivity contribution in [3.8, 4) is 11.8 Å². The van der Waals surface area contributed by atoms with Crippen molar-refractivity contribution in [2.24, 2.45) is 11.8 Å². The summed E-state index contributed by atoms with van der Waals surface area (Å²) in [6, 6.07) is 4.36. The number of fused-ring (bicyclic) bond motifs is 1. The fraction of sp³-hybridized carbons (Fsp3) is 0.520. The SMILES string of the molecule is CCC(CC)Nc1nc(C#CC2CCC[C@@H](C)C2)nc2c1ncn2Cc1cccnc1. The van der Waals surface area contributed by atoms with Gasteiger partial charge < -0.3 is 9.88 Å². The van der Waals surface area contributed by atoms with E-state index in [1.165, 1.54) is 25.7 Å². The van der Waals surface area contributed by atoms with Crippen LogP contribution in [-0.2, 0) is 6.54 Å². The van der Waals surface area contributed by atoms with Gasteiger partial charge in [-0.05, 0) is 49.2 Å². The summed E-state index contributed by atoms with van der Waals surface area (Å²) in [5.41, 5.74) is 2.72. The number of hydrogen-bond acceptors (Lipinski definition) is 5. The van der Waals surface area contributed by atoms with Crippen LogP contribution in [0, 0.1) is 23.7 Å². The molecular formula is C25H32N6. The van der Waals surface area contributed by atoms with Gasteiger partial charge in [-0.3, -0.25) is 4.98 Å². The smallest absolute Gasteiger partial charge is 0.208 e. The summed E-state index contributed by atoms with van der Waals surface area (Å²) in [6.07, 6.45) is 12.5. The molecule has 1 unspecified atom stereocenters. The molecule has 0 radical (unpaired) electrons. The van der Waals surface area contributed by atoms with Gasteiger partial charge in [0, 0.05) is 24.4 Å². The van der Waals surface area contributed by atoms with Gasteiger partial charge in [0.25, 0.3) is 0 Å². The van der Waals surface area contributed by atoms with Crippen LogP contribution in [0.15, 0.2) is 30.9 Å². The molecule has 0 amide bonds. The highest BCUT2D eigenvalue weighted by atomic mass is 15.2. The maximum Gasteiger partial charge on any atom is 0.208 e. The number of nitrogens with zero attached hydrogens (tertiary/aromatic N) is 5. The van der Waals surface area contributed by atoms with Gasteiger partial charge in [0.1, 0.15) is 0 Å². The zero-order valence-electron chi connectivity index (χ0n) is 18.8. The molecule has 0 aliphatic heterocycles. The van der Waals surface area contributed by atoms with E-state index >= 15 is 0 Å². The van der Waals surface area contributed by atoms with E-state index in [2.05, 4.69) is 58.5 Å². The molecule has 1 aliphatic carbocycles. The van der Waals surface area contributed by atoms with Crippen LogP contribution < -0.4 is 5.32 Å². The largest absolute Gasteiger partial charge is 0.365 e. The van der Waals surface area contributed by atoms with E-state index in [0.717, 1.165) is 41.3 Å². The first kappa shape index (κ1) is 21.3. The summed E-state index contributed by atoms with van der Waals surface area (Å²) < 4.78 is 2.06. The standard InChI is InChI=1S/C25H32N6/c1-4-21(5-2)28-24-23-25(31(17-27-23)16-20-10-7-13-26-15-20)30-22(29-24)12-11-19-9-6-8-18(3)14-19/h7,10,13,15,17-19,21H,4-6,8-9,14,16H2,1-3H3,(H,28,29,30)/t18-,19?/m1/s1. The molecule has 1 saturated carbocycles. The van der Waals surface area contributed by atoms with Crippen LogP contribution in [0.1, 0.15) is 70.7 Å². The van der Waals surface area contributed by atoms with E-state index in [1.54, 1.807) is 6.20 Å². The zero-order valence-corrected chi connectivity index (χ0v) is 18.8. The fourth-order valence-electron chi connectivity index (χ4n) is 4.32. The van der Waals surface area contributed by atoms with Crippen molar-refractivity contribution in [1.29, 1.82) is 0 Å². The predicted molar refractivity (Wildman–Crippen MR) is 125 cm³/mol. The third-order valence-corrected chi connectivity index (χ3v) is 6.19. The highest BCUT2D eigenvalue weighted by Gasteiger charge is 2.18. The Balaban J connectivity index is 1.70. The summed E-state index contributed by atoms with van der Waals surface area (Å²) in [5.74, 6) is 9.31. The molecule has 0 spiro atoms. The Morgan fingerprint density at radius 1 is 1.23 bits per heavy atom. The van der Waals surface area contributed by atoms with Crippen molar-refractivity contribution < 1.29 is 0 Å². The highest BCUT2D eigenvalue weighted by molar-refractivity contribution is 5.83. The maximum absolute atomic E-state index is 4.81. The number of aromatic nitrogens is 5. The molecule has 3 heterocycles. The number of hydrogen-bond donors (Lipinski definition) is 1. The lowest BCUT2D eigenvalue weighted by molar-refractivity contribution is 0.333. The average molecular weight is 417 g/mol. The van der Waals surface area contributed by atoms with E-state index in [1.807, 2.05) is 18.6 Å². The minimum atomic E-state index is 0.349. The highest BCUT2D eigenvalue weighted by Crippen LogP contribution is 2.28. The van der Waals surface area contributed by atoms with Crippen LogP contribution >= 0.6 is 0 Å². The van der Waals surface area contributed by atoms with Gasteiger partial charge in [0.2, 0.25) is 5.82 Å². The summed E-state index contributed by atoms with van der Waals surface area (Å²) in [4.78, 5) is 18.5. The molecule has 1 N–H and O–H groups in total. The van der Waals surface area contributed by atoms with Crippen LogP contribution in [0.25, 0.3) is 11.2 Å². The summed E-state index contributed by atoms with van der Waals surface area (Å²) in [7, 11) is 0. The first-order valence-electron chi connectivity index (χ1n) is 11.6. The predicted octanol–water partition coefficient (Wildman–Crippen LogP) is 5.05. The molecule has 0 bridgehead atoms. The Bertz CT molecular complexity index is 1060. The van der Waals surface area contributed by atoms with Gasteiger partial charge in [-0.1, -0.05) is 45.6 Å². The van der Waals surface area contributed by atoms with Crippen molar-refractivity contribution in [3.63, 3.8) is 0 Å². The Labute approximate surface area is 184 Å². The minimum Gasteiger partial charge on any atom is -0.365 e. The fourth-order valence-corrected chi connectivity index (χ4v) is 4.32. The van der Waals surface area contributed by atoms with E-state index in [4.69, 9.17) is 9.97 Å². The molecule has 31 heavy (non-hydrogen) atoms. The quantitative estimate of drug-likeness (QED) is 0.570. The zero-order chi connectivity index (χ0) is 21.6. The van der Waals surface area contributed by atoms with Gasteiger partial charge in [-0.15, -0.1) is 0 Å². The Kier molecular flexibility index (Phi) is 6.81. The second-order valence-electron chi connectivity index (χ2n) is 8.70. The van der Waals surface area contributed by atoms with Crippen molar-refractivity contribution in [2.45, 2.75) is 71.9 Å². The number of anilines is 1. The van der Waals surface area contributed by atoms with Gasteiger partial charge in [-0.2, -0.15) is 0 Å². The average Bonchev–Trinajstić information content (AvgIpc) is 3.19. The molecule has 2 atom stereocenters. The summed E-state index contributed by atoms with van der Waals surface area (Å²) >= 11 is 0. The minimum absolute atomic E-state index is 0.349. The van der Waals surface area contributed by atoms with Gasteiger partial charge in [-0.25, -0.2) is 15.0 Å². The molecule has 3 aromatic heterocycles. The van der Waals surface area contributed by atoms with Crippen molar-refractivity contribution >= 4 is 17.0 Å². The van der Waals surface area contributed by atoms with E-state index in [9.17, 15) is 0 Å². The second kappa shape index (κ2) is 9.91. The third kappa shape index (κ3) is 5.22. The molecule has 6 nitrogen and oxygen atoms in total. The monoisotopic (exact) mass is 416 g/mol. The van der Waals surface area contributed by atoms with Gasteiger partial charge >= 0.3 is 0 Å². The number of imidazole rings is 1. The Hall–Kier alpha value is -2.94. The molecule has 6 heteroatoms. The van der Waals surface area contributed by atoms with Crippen LogP contribution in [-0.4, -0.2) is 30.5 Å². The molecule has 162 valence electrons. The summed E-state index contributed by atoms with van der Waals surface area (Å²) in [5, 5.41) is 3.58. The normalized spacial score (nSPS) is 18.7. The molecule has 0 aromatic carbocycles. The van der Waals surface area contributed by atoms with Crippen molar-refractivity contribution in [2.75, 3.05) is 5.32 Å². The third-order valence-electron chi connectivity index (χ3n) is 6.19. The van der Waals surface area contributed by atoms with Crippen LogP contribution in [0.2, 0.25) is 0 Å². The van der Waals surface area contributed by atoms with Crippen LogP contribution in [0.3, 0.4) is 0 Å². The number of pyridine rings is 1. The van der Waals surface area contributed by atoms with E-state index in [-0.39, 0.29) is 0 Å². The first-order chi connectivity index (χ1) is 15.2. The molecule has 1 fully saturated rings. The topological polar surface area (TPSA) is 68.5 Å². The lowest BCUT2D eigenvalue weighted by Gasteiger charge is -2.22. The molecule has 4 rings (SSSR count). The van der Waals surface area contributed by atoms with Gasteiger partial charge in [0.05, 0.1) is 12.9 Å². The van der Waals surface area contributed by atoms with E-state index < -0.39 is 0 Å². The van der Waals surface area contributed by atoms with Crippen molar-refractivity contribution in [3.05, 3.63) is 42.2 Å². The van der Waals surface area contributed by atoms with E-state index in [0.29, 0.717) is 24.3 Å². The first-order valence-corrected chi connectivity index (χ1v) is 11.6.